The van der Waals surface area contributed by atoms with E-state index in [9.17, 15) is 13.2 Å². The van der Waals surface area contributed by atoms with Gasteiger partial charge in [0, 0.05) is 5.88 Å². The van der Waals surface area contributed by atoms with Gasteiger partial charge >= 0.3 is 0 Å². The highest BCUT2D eigenvalue weighted by molar-refractivity contribution is 6.19. The summed E-state index contributed by atoms with van der Waals surface area (Å²) in [7, 11) is 0. The van der Waals surface area contributed by atoms with Crippen molar-refractivity contribution in [2.24, 2.45) is 0 Å². The first kappa shape index (κ1) is 11.1. The van der Waals surface area contributed by atoms with E-state index in [-0.39, 0.29) is 11.4 Å². The smallest absolute Gasteiger partial charge is 0.194 e. The molecule has 14 heavy (non-hydrogen) atoms. The van der Waals surface area contributed by atoms with E-state index < -0.39 is 17.5 Å². The summed E-state index contributed by atoms with van der Waals surface area (Å²) < 4.78 is 38.0. The maximum Gasteiger partial charge on any atom is 0.194 e. The number of halogens is 4. The molecule has 0 fully saturated rings. The molecule has 0 aliphatic carbocycles. The first-order valence-electron chi connectivity index (χ1n) is 3.92. The lowest BCUT2D eigenvalue weighted by atomic mass is 10.1. The second-order valence-electron chi connectivity index (χ2n) is 2.92. The van der Waals surface area contributed by atoms with Crippen molar-refractivity contribution in [3.05, 3.63) is 40.7 Å². The maximum absolute atomic E-state index is 12.7. The highest BCUT2D eigenvalue weighted by Gasteiger charge is 2.09. The molecule has 0 bridgehead atoms. The van der Waals surface area contributed by atoms with E-state index in [4.69, 9.17) is 11.6 Å². The van der Waals surface area contributed by atoms with Crippen LogP contribution in [0.2, 0.25) is 0 Å². The minimum absolute atomic E-state index is 0.263. The van der Waals surface area contributed by atoms with Crippen LogP contribution in [0.25, 0.3) is 6.08 Å². The fourth-order valence-electron chi connectivity index (χ4n) is 0.982. The quantitative estimate of drug-likeness (QED) is 0.526. The van der Waals surface area contributed by atoms with E-state index in [0.717, 1.165) is 17.7 Å². The van der Waals surface area contributed by atoms with Crippen LogP contribution < -0.4 is 0 Å². The number of benzene rings is 1. The summed E-state index contributed by atoms with van der Waals surface area (Å²) in [5, 5.41) is 0. The molecule has 1 aromatic rings. The molecule has 0 aliphatic heterocycles. The predicted molar refractivity (Wildman–Crippen MR) is 50.7 cm³/mol. The fourth-order valence-corrected chi connectivity index (χ4v) is 1.06. The van der Waals surface area contributed by atoms with Crippen molar-refractivity contribution in [3.8, 4) is 0 Å². The number of alkyl halides is 1. The van der Waals surface area contributed by atoms with Crippen LogP contribution in [0.3, 0.4) is 0 Å². The molecule has 0 radical (unpaired) electrons. The van der Waals surface area contributed by atoms with Gasteiger partial charge in [0.05, 0.1) is 0 Å². The van der Waals surface area contributed by atoms with Gasteiger partial charge < -0.3 is 0 Å². The Bertz CT molecular complexity index is 349. The molecular weight excluding hydrogens is 213 g/mol. The summed E-state index contributed by atoms with van der Waals surface area (Å²) in [5.74, 6) is -3.58. The van der Waals surface area contributed by atoms with Crippen molar-refractivity contribution in [3.63, 3.8) is 0 Å². The van der Waals surface area contributed by atoms with Crippen molar-refractivity contribution in [2.75, 3.05) is 5.88 Å². The first-order valence-corrected chi connectivity index (χ1v) is 4.45. The Morgan fingerprint density at radius 1 is 1.29 bits per heavy atom. The maximum atomic E-state index is 12.7. The lowest BCUT2D eigenvalue weighted by Crippen LogP contribution is -1.91. The lowest BCUT2D eigenvalue weighted by molar-refractivity contribution is 0.447. The Balaban J connectivity index is 3.13. The molecule has 0 heterocycles. The lowest BCUT2D eigenvalue weighted by Gasteiger charge is -1.99. The van der Waals surface area contributed by atoms with Crippen LogP contribution in [0.1, 0.15) is 12.5 Å². The molecule has 0 atom stereocenters. The van der Waals surface area contributed by atoms with E-state index in [1.807, 2.05) is 0 Å². The Kier molecular flexibility index (Phi) is 3.58. The predicted octanol–water partition coefficient (Wildman–Crippen LogP) is 3.75. The molecule has 1 rings (SSSR count). The van der Waals surface area contributed by atoms with Crippen LogP contribution in [0.4, 0.5) is 13.2 Å². The average molecular weight is 221 g/mol. The van der Waals surface area contributed by atoms with E-state index >= 15 is 0 Å². The van der Waals surface area contributed by atoms with Crippen molar-refractivity contribution in [1.82, 2.24) is 0 Å². The molecule has 0 aliphatic rings. The fraction of sp³-hybridized carbons (Fsp3) is 0.200. The third kappa shape index (κ3) is 2.51. The standard InChI is InChI=1S/C10H8ClF3/c1-6(5-11)2-7-3-8(12)10(14)9(13)4-7/h2-4H,5H2,1H3. The Morgan fingerprint density at radius 2 is 1.79 bits per heavy atom. The van der Waals surface area contributed by atoms with Gasteiger partial charge in [-0.15, -0.1) is 11.6 Å². The molecular formula is C10H8ClF3. The molecule has 0 nitrogen and oxygen atoms in total. The third-order valence-corrected chi connectivity index (χ3v) is 2.05. The summed E-state index contributed by atoms with van der Waals surface area (Å²) in [5.41, 5.74) is 1.01. The molecule has 0 amide bonds. The highest BCUT2D eigenvalue weighted by atomic mass is 35.5. The molecule has 0 unspecified atom stereocenters. The molecule has 0 saturated heterocycles. The number of allylic oxidation sites excluding steroid dienone is 1. The molecule has 1 aromatic carbocycles. The van der Waals surface area contributed by atoms with Crippen LogP contribution in [0.5, 0.6) is 0 Å². The Labute approximate surface area is 85.0 Å². The topological polar surface area (TPSA) is 0 Å². The highest BCUT2D eigenvalue weighted by Crippen LogP contribution is 2.16. The second kappa shape index (κ2) is 4.51. The number of hydrogen-bond donors (Lipinski definition) is 0. The summed E-state index contributed by atoms with van der Waals surface area (Å²) in [4.78, 5) is 0. The van der Waals surface area contributed by atoms with Crippen molar-refractivity contribution in [1.29, 1.82) is 0 Å². The SMILES string of the molecule is CC(=Cc1cc(F)c(F)c(F)c1)CCl. The van der Waals surface area contributed by atoms with E-state index in [2.05, 4.69) is 0 Å². The molecule has 0 saturated carbocycles. The van der Waals surface area contributed by atoms with Crippen molar-refractivity contribution >= 4 is 17.7 Å². The first-order chi connectivity index (χ1) is 6.54. The van der Waals surface area contributed by atoms with Gasteiger partial charge in [-0.25, -0.2) is 13.2 Å². The molecule has 4 heteroatoms. The zero-order valence-corrected chi connectivity index (χ0v) is 8.21. The molecule has 0 N–H and O–H groups in total. The van der Waals surface area contributed by atoms with Gasteiger partial charge in [-0.3, -0.25) is 0 Å². The summed E-state index contributed by atoms with van der Waals surface area (Å²) in [6.07, 6.45) is 1.50. The normalized spacial score (nSPS) is 11.9. The molecule has 0 aromatic heterocycles. The zero-order valence-electron chi connectivity index (χ0n) is 7.45. The van der Waals surface area contributed by atoms with E-state index in [1.165, 1.54) is 6.08 Å². The molecule has 76 valence electrons. The van der Waals surface area contributed by atoms with Crippen molar-refractivity contribution in [2.45, 2.75) is 6.92 Å². The summed E-state index contributed by atoms with van der Waals surface area (Å²) in [6.45, 7) is 1.71. The summed E-state index contributed by atoms with van der Waals surface area (Å²) in [6, 6.07) is 1.85. The van der Waals surface area contributed by atoms with Gasteiger partial charge in [-0.05, 0) is 24.6 Å². The summed E-state index contributed by atoms with van der Waals surface area (Å²) >= 11 is 5.48. The van der Waals surface area contributed by atoms with Crippen molar-refractivity contribution < 1.29 is 13.2 Å². The van der Waals surface area contributed by atoms with Gasteiger partial charge in [0.25, 0.3) is 0 Å². The van der Waals surface area contributed by atoms with Gasteiger partial charge in [-0.2, -0.15) is 0 Å². The largest absolute Gasteiger partial charge is 0.204 e. The van der Waals surface area contributed by atoms with Gasteiger partial charge in [-0.1, -0.05) is 11.6 Å². The number of hydrogen-bond acceptors (Lipinski definition) is 0. The van der Waals surface area contributed by atoms with Crippen LogP contribution in [0.15, 0.2) is 17.7 Å². The minimum Gasteiger partial charge on any atom is -0.204 e. The third-order valence-electron chi connectivity index (χ3n) is 1.63. The van der Waals surface area contributed by atoms with Crippen LogP contribution in [-0.2, 0) is 0 Å². The van der Waals surface area contributed by atoms with Crippen LogP contribution in [-0.4, -0.2) is 5.88 Å². The Hall–Kier alpha value is -0.960. The monoisotopic (exact) mass is 220 g/mol. The van der Waals surface area contributed by atoms with Gasteiger partial charge in [0.15, 0.2) is 17.5 Å². The van der Waals surface area contributed by atoms with E-state index in [0.29, 0.717) is 0 Å². The van der Waals surface area contributed by atoms with E-state index in [1.54, 1.807) is 6.92 Å². The Morgan fingerprint density at radius 3 is 2.21 bits per heavy atom. The average Bonchev–Trinajstić information content (AvgIpc) is 2.14. The van der Waals surface area contributed by atoms with Crippen LogP contribution in [0, 0.1) is 17.5 Å². The van der Waals surface area contributed by atoms with Gasteiger partial charge in [0.1, 0.15) is 0 Å². The zero-order chi connectivity index (χ0) is 10.7. The number of rotatable bonds is 2. The van der Waals surface area contributed by atoms with Crippen LogP contribution >= 0.6 is 11.6 Å². The second-order valence-corrected chi connectivity index (χ2v) is 3.19. The van der Waals surface area contributed by atoms with Gasteiger partial charge in [0.2, 0.25) is 0 Å². The molecule has 0 spiro atoms. The minimum atomic E-state index is -1.45.